The van der Waals surface area contributed by atoms with Gasteiger partial charge in [-0.05, 0) is 32.9 Å². The van der Waals surface area contributed by atoms with Crippen LogP contribution in [0.15, 0.2) is 24.3 Å². The third-order valence-corrected chi connectivity index (χ3v) is 3.25. The zero-order valence-electron chi connectivity index (χ0n) is 13.4. The van der Waals surface area contributed by atoms with E-state index in [1.54, 1.807) is 24.3 Å². The summed E-state index contributed by atoms with van der Waals surface area (Å²) in [6, 6.07) is 6.82. The number of likely N-dealkylation sites (N-methyl/N-ethyl adjacent to an activating group) is 2. The van der Waals surface area contributed by atoms with Gasteiger partial charge in [0.15, 0.2) is 18.9 Å². The second kappa shape index (κ2) is 8.94. The van der Waals surface area contributed by atoms with E-state index in [9.17, 15) is 14.4 Å². The van der Waals surface area contributed by atoms with Gasteiger partial charge >= 0.3 is 0 Å². The number of ketones is 1. The van der Waals surface area contributed by atoms with E-state index in [1.165, 1.54) is 6.92 Å². The van der Waals surface area contributed by atoms with E-state index in [4.69, 9.17) is 0 Å². The molecule has 1 aromatic carbocycles. The van der Waals surface area contributed by atoms with E-state index >= 15 is 0 Å². The Morgan fingerprint density at radius 1 is 1.09 bits per heavy atom. The third kappa shape index (κ3) is 6.05. The number of hydrogen-bond donors (Lipinski definition) is 3. The molecule has 120 valence electrons. The van der Waals surface area contributed by atoms with Crippen LogP contribution in [0.5, 0.6) is 0 Å². The fourth-order valence-electron chi connectivity index (χ4n) is 2.05. The molecule has 0 radical (unpaired) electrons. The van der Waals surface area contributed by atoms with Gasteiger partial charge in [0.2, 0.25) is 0 Å². The van der Waals surface area contributed by atoms with Gasteiger partial charge in [-0.3, -0.25) is 14.4 Å². The summed E-state index contributed by atoms with van der Waals surface area (Å²) in [5.41, 5.74) is 1.14. The Balaban J connectivity index is 2.59. The molecule has 0 heterocycles. The second-order valence-corrected chi connectivity index (χ2v) is 5.10. The van der Waals surface area contributed by atoms with Crippen molar-refractivity contribution in [2.24, 2.45) is 0 Å². The first-order chi connectivity index (χ1) is 10.5. The molecule has 2 amide bonds. The Morgan fingerprint density at radius 3 is 2.36 bits per heavy atom. The number of anilines is 1. The molecule has 0 aliphatic rings. The van der Waals surface area contributed by atoms with Crippen LogP contribution in [0.25, 0.3) is 0 Å². The standard InChI is InChI=1S/C16H23N3O3/c1-4-17-15(21)10-19(5-2)11-16(22)18-14-8-6-7-13(9-14)12(3)20/h6-9H,4-5,10-11H2,1-3H3,(H,17,21)(H,18,22)/p+1. The molecule has 6 nitrogen and oxygen atoms in total. The molecule has 1 unspecified atom stereocenters. The molecule has 1 rings (SSSR count). The maximum atomic E-state index is 12.1. The highest BCUT2D eigenvalue weighted by Crippen LogP contribution is 2.10. The molecule has 0 aliphatic carbocycles. The smallest absolute Gasteiger partial charge is 0.279 e. The molecular weight excluding hydrogens is 282 g/mol. The van der Waals surface area contributed by atoms with Crippen molar-refractivity contribution in [2.75, 3.05) is 31.5 Å². The lowest BCUT2D eigenvalue weighted by molar-refractivity contribution is -0.881. The maximum Gasteiger partial charge on any atom is 0.279 e. The van der Waals surface area contributed by atoms with Gasteiger partial charge < -0.3 is 15.5 Å². The minimum absolute atomic E-state index is 0.0480. The summed E-state index contributed by atoms with van der Waals surface area (Å²) in [4.78, 5) is 35.8. The molecule has 0 saturated carbocycles. The number of amides is 2. The molecule has 0 saturated heterocycles. The van der Waals surface area contributed by atoms with E-state index in [0.29, 0.717) is 24.3 Å². The highest BCUT2D eigenvalue weighted by atomic mass is 16.2. The predicted molar refractivity (Wildman–Crippen MR) is 85.0 cm³/mol. The predicted octanol–water partition coefficient (Wildman–Crippen LogP) is -0.131. The van der Waals surface area contributed by atoms with Crippen molar-refractivity contribution in [1.82, 2.24) is 5.32 Å². The molecule has 0 aromatic heterocycles. The average Bonchev–Trinajstić information content (AvgIpc) is 2.46. The molecule has 0 spiro atoms. The fraction of sp³-hybridized carbons (Fsp3) is 0.438. The lowest BCUT2D eigenvalue weighted by Gasteiger charge is -2.16. The van der Waals surface area contributed by atoms with Crippen LogP contribution in [-0.4, -0.2) is 43.8 Å². The van der Waals surface area contributed by atoms with E-state index in [2.05, 4.69) is 10.6 Å². The highest BCUT2D eigenvalue weighted by molar-refractivity contribution is 5.97. The molecule has 0 bridgehead atoms. The third-order valence-electron chi connectivity index (χ3n) is 3.25. The van der Waals surface area contributed by atoms with Crippen LogP contribution >= 0.6 is 0 Å². The van der Waals surface area contributed by atoms with Crippen molar-refractivity contribution in [3.63, 3.8) is 0 Å². The Labute approximate surface area is 130 Å². The lowest BCUT2D eigenvalue weighted by atomic mass is 10.1. The number of nitrogens with one attached hydrogen (secondary N) is 3. The van der Waals surface area contributed by atoms with Gasteiger partial charge in [-0.1, -0.05) is 12.1 Å². The quantitative estimate of drug-likeness (QED) is 0.585. The number of rotatable bonds is 8. The van der Waals surface area contributed by atoms with Crippen molar-refractivity contribution in [3.8, 4) is 0 Å². The summed E-state index contributed by atoms with van der Waals surface area (Å²) in [6.45, 7) is 7.01. The minimum atomic E-state index is -0.179. The number of Topliss-reactive ketones (excluding diaryl/α,β-unsaturated/α-hetero) is 1. The number of carbonyl (C=O) groups is 3. The number of quaternary nitrogens is 1. The van der Waals surface area contributed by atoms with Crippen LogP contribution in [0.3, 0.4) is 0 Å². The Morgan fingerprint density at radius 2 is 1.77 bits per heavy atom. The number of benzene rings is 1. The molecule has 6 heteroatoms. The zero-order chi connectivity index (χ0) is 16.5. The van der Waals surface area contributed by atoms with E-state index in [-0.39, 0.29) is 30.7 Å². The van der Waals surface area contributed by atoms with Crippen LogP contribution in [0.1, 0.15) is 31.1 Å². The molecule has 0 aliphatic heterocycles. The first kappa shape index (κ1) is 17.8. The molecule has 0 fully saturated rings. The number of hydrogen-bond acceptors (Lipinski definition) is 3. The van der Waals surface area contributed by atoms with Crippen molar-refractivity contribution < 1.29 is 19.3 Å². The maximum absolute atomic E-state index is 12.1. The Kier molecular flexibility index (Phi) is 7.25. The largest absolute Gasteiger partial charge is 0.351 e. The summed E-state index contributed by atoms with van der Waals surface area (Å²) >= 11 is 0. The van der Waals surface area contributed by atoms with Crippen LogP contribution in [0.4, 0.5) is 5.69 Å². The van der Waals surface area contributed by atoms with Crippen molar-refractivity contribution in [3.05, 3.63) is 29.8 Å². The SMILES string of the molecule is CCNC(=O)C[NH+](CC)CC(=O)Nc1cccc(C(C)=O)c1. The lowest BCUT2D eigenvalue weighted by Crippen LogP contribution is -3.14. The second-order valence-electron chi connectivity index (χ2n) is 5.10. The summed E-state index contributed by atoms with van der Waals surface area (Å²) in [6.07, 6.45) is 0. The minimum Gasteiger partial charge on any atom is -0.351 e. The van der Waals surface area contributed by atoms with E-state index < -0.39 is 0 Å². The molecule has 22 heavy (non-hydrogen) atoms. The van der Waals surface area contributed by atoms with Crippen LogP contribution in [0, 0.1) is 0 Å². The summed E-state index contributed by atoms with van der Waals surface area (Å²) in [5, 5.41) is 5.49. The van der Waals surface area contributed by atoms with Crippen LogP contribution < -0.4 is 15.5 Å². The van der Waals surface area contributed by atoms with Crippen molar-refractivity contribution in [1.29, 1.82) is 0 Å². The molecule has 1 aromatic rings. The Bertz CT molecular complexity index is 543. The molecular formula is C16H24N3O3+. The summed E-state index contributed by atoms with van der Waals surface area (Å²) < 4.78 is 0. The summed E-state index contributed by atoms with van der Waals surface area (Å²) in [5.74, 6) is -0.291. The molecule has 3 N–H and O–H groups in total. The van der Waals surface area contributed by atoms with Gasteiger partial charge in [0, 0.05) is 17.8 Å². The fourth-order valence-corrected chi connectivity index (χ4v) is 2.05. The van der Waals surface area contributed by atoms with Gasteiger partial charge in [0.25, 0.3) is 11.8 Å². The van der Waals surface area contributed by atoms with Crippen molar-refractivity contribution in [2.45, 2.75) is 20.8 Å². The van der Waals surface area contributed by atoms with Gasteiger partial charge in [-0.25, -0.2) is 0 Å². The monoisotopic (exact) mass is 306 g/mol. The van der Waals surface area contributed by atoms with Gasteiger partial charge in [0.1, 0.15) is 0 Å². The first-order valence-electron chi connectivity index (χ1n) is 7.47. The topological polar surface area (TPSA) is 79.7 Å². The first-order valence-corrected chi connectivity index (χ1v) is 7.47. The molecule has 1 atom stereocenters. The Hall–Kier alpha value is -2.21. The van der Waals surface area contributed by atoms with Crippen molar-refractivity contribution >= 4 is 23.3 Å². The van der Waals surface area contributed by atoms with Crippen LogP contribution in [0.2, 0.25) is 0 Å². The number of carbonyl (C=O) groups excluding carboxylic acids is 3. The van der Waals surface area contributed by atoms with Gasteiger partial charge in [-0.15, -0.1) is 0 Å². The van der Waals surface area contributed by atoms with Gasteiger partial charge in [0.05, 0.1) is 6.54 Å². The van der Waals surface area contributed by atoms with Crippen LogP contribution in [-0.2, 0) is 9.59 Å². The zero-order valence-corrected chi connectivity index (χ0v) is 13.4. The van der Waals surface area contributed by atoms with E-state index in [1.807, 2.05) is 13.8 Å². The highest BCUT2D eigenvalue weighted by Gasteiger charge is 2.16. The average molecular weight is 306 g/mol. The summed E-state index contributed by atoms with van der Waals surface area (Å²) in [7, 11) is 0. The normalized spacial score (nSPS) is 11.6. The van der Waals surface area contributed by atoms with E-state index in [0.717, 1.165) is 4.90 Å². The van der Waals surface area contributed by atoms with Gasteiger partial charge in [-0.2, -0.15) is 0 Å².